The maximum absolute atomic E-state index is 11.6. The van der Waals surface area contributed by atoms with E-state index in [1.807, 2.05) is 31.3 Å². The molecule has 2 aromatic rings. The van der Waals surface area contributed by atoms with Crippen molar-refractivity contribution in [2.24, 2.45) is 7.05 Å². The molecule has 3 rings (SSSR count). The fourth-order valence-corrected chi connectivity index (χ4v) is 5.94. The number of aromatic nitrogens is 3. The van der Waals surface area contributed by atoms with E-state index < -0.39 is 21.2 Å². The van der Waals surface area contributed by atoms with Crippen molar-refractivity contribution in [3.8, 4) is 17.1 Å². The van der Waals surface area contributed by atoms with Crippen LogP contribution in [-0.4, -0.2) is 58.3 Å². The van der Waals surface area contributed by atoms with E-state index in [0.717, 1.165) is 11.3 Å². The highest BCUT2D eigenvalue weighted by Crippen LogP contribution is 2.32. The number of nitrogens with zero attached hydrogens (tertiary/aromatic N) is 3. The fraction of sp³-hybridized carbons (Fsp3) is 0.429. The predicted octanol–water partition coefficient (Wildman–Crippen LogP) is 0.741. The van der Waals surface area contributed by atoms with Crippen molar-refractivity contribution < 1.29 is 18.3 Å². The van der Waals surface area contributed by atoms with Crippen LogP contribution in [0.3, 0.4) is 0 Å². The highest BCUT2D eigenvalue weighted by molar-refractivity contribution is 8.01. The van der Waals surface area contributed by atoms with Crippen LogP contribution in [0.5, 0.6) is 5.75 Å². The summed E-state index contributed by atoms with van der Waals surface area (Å²) in [7, 11) is 0.249. The molecule has 0 saturated carbocycles. The Kier molecular flexibility index (Phi) is 4.35. The van der Waals surface area contributed by atoms with Gasteiger partial charge in [-0.15, -0.1) is 10.2 Å². The van der Waals surface area contributed by atoms with Gasteiger partial charge < -0.3 is 14.4 Å². The average Bonchev–Trinajstić information content (AvgIpc) is 2.99. The molecule has 2 atom stereocenters. The summed E-state index contributed by atoms with van der Waals surface area (Å²) in [6.07, 6.45) is -0.869. The van der Waals surface area contributed by atoms with Crippen LogP contribution in [0.1, 0.15) is 0 Å². The van der Waals surface area contributed by atoms with Crippen LogP contribution in [0.25, 0.3) is 11.4 Å². The van der Waals surface area contributed by atoms with Crippen LogP contribution in [0.15, 0.2) is 29.4 Å². The summed E-state index contributed by atoms with van der Waals surface area (Å²) < 4.78 is 30.1. The lowest BCUT2D eigenvalue weighted by Gasteiger charge is -2.11. The van der Waals surface area contributed by atoms with Gasteiger partial charge in [0.05, 0.1) is 30.0 Å². The predicted molar refractivity (Wildman–Crippen MR) is 87.3 cm³/mol. The molecule has 1 aromatic carbocycles. The molecule has 0 radical (unpaired) electrons. The van der Waals surface area contributed by atoms with Crippen molar-refractivity contribution in [2.45, 2.75) is 16.5 Å². The van der Waals surface area contributed by atoms with Crippen molar-refractivity contribution in [3.05, 3.63) is 24.3 Å². The number of rotatable bonds is 4. The van der Waals surface area contributed by atoms with Crippen molar-refractivity contribution in [1.82, 2.24) is 14.8 Å². The van der Waals surface area contributed by atoms with E-state index in [-0.39, 0.29) is 11.5 Å². The summed E-state index contributed by atoms with van der Waals surface area (Å²) >= 11 is 1.25. The number of thioether (sulfide) groups is 1. The molecular weight excluding hydrogens is 338 g/mol. The van der Waals surface area contributed by atoms with Gasteiger partial charge >= 0.3 is 0 Å². The van der Waals surface area contributed by atoms with Crippen LogP contribution in [-0.2, 0) is 16.9 Å². The molecule has 124 valence electrons. The van der Waals surface area contributed by atoms with Gasteiger partial charge in [0.2, 0.25) is 0 Å². The minimum absolute atomic E-state index is 0.0381. The van der Waals surface area contributed by atoms with E-state index in [9.17, 15) is 13.5 Å². The molecule has 0 spiro atoms. The average molecular weight is 355 g/mol. The van der Waals surface area contributed by atoms with Gasteiger partial charge in [-0.25, -0.2) is 8.42 Å². The summed E-state index contributed by atoms with van der Waals surface area (Å²) in [4.78, 5) is 0. The highest BCUT2D eigenvalue weighted by Gasteiger charge is 2.38. The van der Waals surface area contributed by atoms with Gasteiger partial charge in [0.25, 0.3) is 0 Å². The van der Waals surface area contributed by atoms with Crippen molar-refractivity contribution in [1.29, 1.82) is 0 Å². The number of aliphatic hydroxyl groups excluding tert-OH is 1. The maximum Gasteiger partial charge on any atom is 0.191 e. The van der Waals surface area contributed by atoms with Crippen molar-refractivity contribution in [2.75, 3.05) is 18.6 Å². The summed E-state index contributed by atoms with van der Waals surface area (Å²) in [5, 5.41) is 18.3. The summed E-state index contributed by atoms with van der Waals surface area (Å²) in [5.74, 6) is 1.20. The molecule has 7 nitrogen and oxygen atoms in total. The number of benzene rings is 1. The lowest BCUT2D eigenvalue weighted by atomic mass is 10.2. The third-order valence-electron chi connectivity index (χ3n) is 3.71. The van der Waals surface area contributed by atoms with Gasteiger partial charge in [-0.2, -0.15) is 0 Å². The topological polar surface area (TPSA) is 94.3 Å². The first-order valence-electron chi connectivity index (χ1n) is 6.98. The third kappa shape index (κ3) is 3.36. The van der Waals surface area contributed by atoms with Gasteiger partial charge in [-0.1, -0.05) is 11.8 Å². The number of sulfone groups is 1. The summed E-state index contributed by atoms with van der Waals surface area (Å²) in [6, 6.07) is 7.44. The molecule has 1 aliphatic heterocycles. The number of ether oxygens (including phenoxy) is 1. The standard InChI is InChI=1S/C14H17N3O4S2/c1-17-13(9-3-5-10(21-2)6-4-9)15-16-14(17)22-12-8-23(19,20)7-11(12)18/h3-6,11-12,18H,7-8H2,1-2H3/t11-,12+/m0/s1. The summed E-state index contributed by atoms with van der Waals surface area (Å²) in [5.41, 5.74) is 0.882. The van der Waals surface area contributed by atoms with Gasteiger partial charge in [0, 0.05) is 12.6 Å². The largest absolute Gasteiger partial charge is 0.497 e. The first-order chi connectivity index (χ1) is 10.9. The Labute approximate surface area is 138 Å². The molecule has 2 heterocycles. The Morgan fingerprint density at radius 1 is 1.26 bits per heavy atom. The van der Waals surface area contributed by atoms with Crippen LogP contribution in [0, 0.1) is 0 Å². The van der Waals surface area contributed by atoms with Crippen LogP contribution in [0.4, 0.5) is 0 Å². The molecule has 0 amide bonds. The highest BCUT2D eigenvalue weighted by atomic mass is 32.2. The van der Waals surface area contributed by atoms with E-state index in [1.165, 1.54) is 11.8 Å². The van der Waals surface area contributed by atoms with Gasteiger partial charge in [-0.3, -0.25) is 0 Å². The quantitative estimate of drug-likeness (QED) is 0.864. The van der Waals surface area contributed by atoms with Crippen molar-refractivity contribution >= 4 is 21.6 Å². The first kappa shape index (κ1) is 16.3. The van der Waals surface area contributed by atoms with E-state index in [4.69, 9.17) is 4.74 Å². The van der Waals surface area contributed by atoms with Gasteiger partial charge in [0.1, 0.15) is 5.75 Å². The molecule has 1 fully saturated rings. The Morgan fingerprint density at radius 3 is 2.52 bits per heavy atom. The molecular formula is C14H17N3O4S2. The van der Waals surface area contributed by atoms with Crippen LogP contribution < -0.4 is 4.74 Å². The number of aliphatic hydroxyl groups is 1. The molecule has 1 N–H and O–H groups in total. The number of methoxy groups -OCH3 is 1. The molecule has 1 saturated heterocycles. The minimum Gasteiger partial charge on any atom is -0.497 e. The van der Waals surface area contributed by atoms with Crippen LogP contribution in [0.2, 0.25) is 0 Å². The molecule has 0 aliphatic carbocycles. The second-order valence-electron chi connectivity index (χ2n) is 5.39. The zero-order valence-electron chi connectivity index (χ0n) is 12.7. The van der Waals surface area contributed by atoms with E-state index in [2.05, 4.69) is 10.2 Å². The molecule has 0 unspecified atom stereocenters. The molecule has 9 heteroatoms. The second kappa shape index (κ2) is 6.14. The molecule has 1 aromatic heterocycles. The number of hydrogen-bond acceptors (Lipinski definition) is 7. The Hall–Kier alpha value is -1.58. The lowest BCUT2D eigenvalue weighted by Crippen LogP contribution is -2.20. The van der Waals surface area contributed by atoms with Crippen molar-refractivity contribution in [3.63, 3.8) is 0 Å². The molecule has 1 aliphatic rings. The molecule has 23 heavy (non-hydrogen) atoms. The Balaban J connectivity index is 1.82. The Bertz CT molecular complexity index is 802. The second-order valence-corrected chi connectivity index (χ2v) is 8.75. The van der Waals surface area contributed by atoms with Crippen LogP contribution >= 0.6 is 11.8 Å². The zero-order valence-corrected chi connectivity index (χ0v) is 14.3. The monoisotopic (exact) mass is 355 g/mol. The summed E-state index contributed by atoms with van der Waals surface area (Å²) in [6.45, 7) is 0. The minimum atomic E-state index is -3.17. The normalized spacial score (nSPS) is 23.1. The fourth-order valence-electron chi connectivity index (χ4n) is 2.45. The van der Waals surface area contributed by atoms with Gasteiger partial charge in [0.15, 0.2) is 20.8 Å². The molecule has 0 bridgehead atoms. The lowest BCUT2D eigenvalue weighted by molar-refractivity contribution is 0.207. The first-order valence-corrected chi connectivity index (χ1v) is 9.68. The van der Waals surface area contributed by atoms with Gasteiger partial charge in [-0.05, 0) is 24.3 Å². The zero-order chi connectivity index (χ0) is 16.6. The smallest absolute Gasteiger partial charge is 0.191 e. The SMILES string of the molecule is COc1ccc(-c2nnc(S[C@@H]3CS(=O)(=O)C[C@@H]3O)n2C)cc1. The third-order valence-corrected chi connectivity index (χ3v) is 6.99. The van der Waals surface area contributed by atoms with E-state index in [0.29, 0.717) is 11.0 Å². The van der Waals surface area contributed by atoms with E-state index >= 15 is 0 Å². The number of hydrogen-bond donors (Lipinski definition) is 1. The van der Waals surface area contributed by atoms with E-state index in [1.54, 1.807) is 11.7 Å². The maximum atomic E-state index is 11.6. The Morgan fingerprint density at radius 2 is 1.96 bits per heavy atom.